The molecule has 1 unspecified atom stereocenters. The summed E-state index contributed by atoms with van der Waals surface area (Å²) >= 11 is 0. The normalized spacial score (nSPS) is 17.2. The van der Waals surface area contributed by atoms with Crippen molar-refractivity contribution in [2.45, 2.75) is 38.3 Å². The second-order valence-corrected chi connectivity index (χ2v) is 10.8. The molecule has 5 rings (SSSR count). The first kappa shape index (κ1) is 27.0. The van der Waals surface area contributed by atoms with Gasteiger partial charge in [0, 0.05) is 30.4 Å². The van der Waals surface area contributed by atoms with Crippen molar-refractivity contribution in [2.75, 3.05) is 24.6 Å². The third kappa shape index (κ3) is 5.44. The number of aliphatic hydroxyl groups is 1. The fourth-order valence-electron chi connectivity index (χ4n) is 4.78. The minimum atomic E-state index is -1.03. The van der Waals surface area contributed by atoms with Crippen molar-refractivity contribution in [1.82, 2.24) is 19.9 Å². The van der Waals surface area contributed by atoms with E-state index in [1.165, 1.54) is 12.3 Å². The van der Waals surface area contributed by atoms with Gasteiger partial charge in [0.05, 0.1) is 34.6 Å². The zero-order chi connectivity index (χ0) is 28.7. The molecule has 40 heavy (non-hydrogen) atoms. The molecule has 0 radical (unpaired) electrons. The Bertz CT molecular complexity index is 1600. The monoisotopic (exact) mass is 546 g/mol. The summed E-state index contributed by atoms with van der Waals surface area (Å²) in [7, 11) is 0. The van der Waals surface area contributed by atoms with Gasteiger partial charge in [-0.25, -0.2) is 18.3 Å². The van der Waals surface area contributed by atoms with E-state index < -0.39 is 34.2 Å². The van der Waals surface area contributed by atoms with E-state index in [1.54, 1.807) is 36.8 Å². The van der Waals surface area contributed by atoms with E-state index in [4.69, 9.17) is 4.74 Å². The minimum absolute atomic E-state index is 0.0648. The Hall–Kier alpha value is -4.56. The molecule has 9 nitrogen and oxygen atoms in total. The van der Waals surface area contributed by atoms with Crippen LogP contribution in [0, 0.1) is 23.0 Å². The van der Waals surface area contributed by atoms with Crippen molar-refractivity contribution in [2.24, 2.45) is 0 Å². The second-order valence-electron chi connectivity index (χ2n) is 10.8. The molecule has 206 valence electrons. The van der Waals surface area contributed by atoms with E-state index in [0.717, 1.165) is 17.7 Å². The number of ether oxygens (including phenoxy) is 1. The predicted octanol–water partition coefficient (Wildman–Crippen LogP) is 4.09. The summed E-state index contributed by atoms with van der Waals surface area (Å²) in [5, 5.41) is 26.7. The average molecular weight is 547 g/mol. The molecule has 11 heteroatoms. The Morgan fingerprint density at radius 3 is 2.65 bits per heavy atom. The maximum Gasteiger partial charge on any atom is 0.257 e. The van der Waals surface area contributed by atoms with Crippen LogP contribution in [0.15, 0.2) is 55.0 Å². The second kappa shape index (κ2) is 10.2. The summed E-state index contributed by atoms with van der Waals surface area (Å²) in [6.45, 7) is 6.15. The number of hydrogen-bond donors (Lipinski definition) is 2. The highest BCUT2D eigenvalue weighted by atomic mass is 19.1. The Morgan fingerprint density at radius 2 is 2.00 bits per heavy atom. The number of nitriles is 1. The number of nitrogens with one attached hydrogen (secondary N) is 1. The van der Waals surface area contributed by atoms with Gasteiger partial charge >= 0.3 is 0 Å². The third-order valence-electron chi connectivity index (χ3n) is 6.76. The molecule has 0 saturated carbocycles. The highest BCUT2D eigenvalue weighted by Crippen LogP contribution is 2.33. The van der Waals surface area contributed by atoms with Gasteiger partial charge < -0.3 is 20.1 Å². The number of pyridine rings is 2. The van der Waals surface area contributed by atoms with E-state index in [1.807, 2.05) is 24.0 Å². The molecule has 4 aromatic rings. The summed E-state index contributed by atoms with van der Waals surface area (Å²) < 4.78 is 35.6. The van der Waals surface area contributed by atoms with Crippen LogP contribution in [0.1, 0.15) is 43.1 Å². The molecule has 3 aromatic heterocycles. The van der Waals surface area contributed by atoms with Crippen molar-refractivity contribution in [3.8, 4) is 22.9 Å². The van der Waals surface area contributed by atoms with Crippen LogP contribution < -0.4 is 15.0 Å². The van der Waals surface area contributed by atoms with Crippen LogP contribution in [0.2, 0.25) is 0 Å². The minimum Gasteiger partial charge on any atom is -0.489 e. The summed E-state index contributed by atoms with van der Waals surface area (Å²) in [6, 6.07) is 11.0. The number of halogens is 2. The molecule has 1 aliphatic heterocycles. The van der Waals surface area contributed by atoms with Crippen LogP contribution in [0.5, 0.6) is 5.75 Å². The summed E-state index contributed by atoms with van der Waals surface area (Å²) in [6.07, 6.45) is 5.37. The quantitative estimate of drug-likeness (QED) is 0.359. The zero-order valence-electron chi connectivity index (χ0n) is 22.3. The van der Waals surface area contributed by atoms with Gasteiger partial charge in [-0.3, -0.25) is 4.79 Å². The van der Waals surface area contributed by atoms with Crippen LogP contribution in [0.25, 0.3) is 16.6 Å². The molecule has 1 aromatic carbocycles. The molecular weight excluding hydrogens is 518 g/mol. The Morgan fingerprint density at radius 1 is 1.25 bits per heavy atom. The van der Waals surface area contributed by atoms with Crippen molar-refractivity contribution < 1.29 is 23.4 Å². The summed E-state index contributed by atoms with van der Waals surface area (Å²) in [5.74, 6) is -1.48. The maximum absolute atomic E-state index is 14.1. The number of carbonyl (C=O) groups excluding carboxylic acids is 1. The smallest absolute Gasteiger partial charge is 0.257 e. The molecule has 4 heterocycles. The number of anilines is 1. The fourth-order valence-corrected chi connectivity index (χ4v) is 4.78. The largest absolute Gasteiger partial charge is 0.489 e. The van der Waals surface area contributed by atoms with Crippen molar-refractivity contribution >= 4 is 17.2 Å². The predicted molar refractivity (Wildman–Crippen MR) is 144 cm³/mol. The third-order valence-corrected chi connectivity index (χ3v) is 6.76. The van der Waals surface area contributed by atoms with Crippen molar-refractivity contribution in [1.29, 1.82) is 5.26 Å². The Balaban J connectivity index is 1.37. The van der Waals surface area contributed by atoms with Gasteiger partial charge in [-0.1, -0.05) is 6.07 Å². The number of hydrogen-bond acceptors (Lipinski definition) is 7. The zero-order valence-corrected chi connectivity index (χ0v) is 22.3. The number of aromatic nitrogens is 3. The molecule has 1 atom stereocenters. The van der Waals surface area contributed by atoms with Gasteiger partial charge in [0.15, 0.2) is 0 Å². The molecule has 0 spiro atoms. The van der Waals surface area contributed by atoms with Crippen LogP contribution in [0.4, 0.5) is 14.6 Å². The molecule has 1 aliphatic rings. The van der Waals surface area contributed by atoms with Crippen LogP contribution in [-0.2, 0) is 0 Å². The molecule has 1 fully saturated rings. The van der Waals surface area contributed by atoms with Gasteiger partial charge in [-0.2, -0.15) is 10.4 Å². The van der Waals surface area contributed by atoms with Gasteiger partial charge in [-0.15, -0.1) is 0 Å². The lowest BCUT2D eigenvalue weighted by molar-refractivity contribution is 0.0283. The topological polar surface area (TPSA) is 116 Å². The number of benzene rings is 1. The lowest BCUT2D eigenvalue weighted by atomic mass is 10.0. The standard InChI is InChI=1S/C29H28F2N6O3/c1-28(2,39)17-40-20-11-21(26-19(12-32)14-34-37(26)15-20)18-7-8-24(33-13-18)36-10-9-29(3,16-36)35-27(38)25-22(30)5-4-6-23(25)31/h4-8,11,13-15,39H,9-10,16-17H2,1-3H3,(H,35,38). The number of fused-ring (bicyclic) bond motifs is 1. The molecule has 1 amide bonds. The Labute approximate surface area is 229 Å². The highest BCUT2D eigenvalue weighted by Gasteiger charge is 2.37. The molecule has 1 saturated heterocycles. The van der Waals surface area contributed by atoms with Crippen LogP contribution >= 0.6 is 0 Å². The Kier molecular flexibility index (Phi) is 6.89. The van der Waals surface area contributed by atoms with E-state index in [9.17, 15) is 23.9 Å². The summed E-state index contributed by atoms with van der Waals surface area (Å²) in [4.78, 5) is 19.3. The van der Waals surface area contributed by atoms with Gasteiger partial charge in [0.2, 0.25) is 0 Å². The van der Waals surface area contributed by atoms with E-state index >= 15 is 0 Å². The first-order valence-electron chi connectivity index (χ1n) is 12.7. The maximum atomic E-state index is 14.1. The lowest BCUT2D eigenvalue weighted by Crippen LogP contribution is -2.48. The first-order valence-corrected chi connectivity index (χ1v) is 12.7. The average Bonchev–Trinajstić information content (AvgIpc) is 3.50. The van der Waals surface area contributed by atoms with E-state index in [2.05, 4.69) is 21.5 Å². The fraction of sp³-hybridized carbons (Fsp3) is 0.310. The van der Waals surface area contributed by atoms with E-state index in [-0.39, 0.29) is 6.61 Å². The van der Waals surface area contributed by atoms with Crippen LogP contribution in [0.3, 0.4) is 0 Å². The van der Waals surface area contributed by atoms with Gasteiger partial charge in [-0.05, 0) is 57.5 Å². The molecule has 2 N–H and O–H groups in total. The number of rotatable bonds is 7. The van der Waals surface area contributed by atoms with Crippen molar-refractivity contribution in [3.63, 3.8) is 0 Å². The SMILES string of the molecule is CC(C)(O)COc1cc(-c2ccc(N3CCC(C)(NC(=O)c4c(F)cccc4F)C3)nc2)c2c(C#N)cnn2c1. The van der Waals surface area contributed by atoms with Crippen molar-refractivity contribution in [3.05, 3.63) is 77.8 Å². The highest BCUT2D eigenvalue weighted by molar-refractivity contribution is 5.95. The van der Waals surface area contributed by atoms with Gasteiger partial charge in [0.25, 0.3) is 5.91 Å². The van der Waals surface area contributed by atoms with E-state index in [0.29, 0.717) is 47.7 Å². The van der Waals surface area contributed by atoms with Gasteiger partial charge in [0.1, 0.15) is 41.4 Å². The molecule has 0 aliphatic carbocycles. The molecular formula is C29H28F2N6O3. The lowest BCUT2D eigenvalue weighted by Gasteiger charge is -2.27. The van der Waals surface area contributed by atoms with Crippen LogP contribution in [-0.4, -0.2) is 56.4 Å². The summed E-state index contributed by atoms with van der Waals surface area (Å²) in [5.41, 5.74) is 0.0600. The number of nitrogens with zero attached hydrogens (tertiary/aromatic N) is 5. The number of carbonyl (C=O) groups is 1. The first-order chi connectivity index (χ1) is 19.0. The number of amides is 1. The molecule has 0 bridgehead atoms.